The van der Waals surface area contributed by atoms with E-state index in [2.05, 4.69) is 5.32 Å². The first-order chi connectivity index (χ1) is 6.76. The van der Waals surface area contributed by atoms with Gasteiger partial charge in [-0.15, -0.1) is 0 Å². The Morgan fingerprint density at radius 3 is 2.93 bits per heavy atom. The molecule has 14 heavy (non-hydrogen) atoms. The molecule has 1 saturated heterocycles. The molecule has 3 nitrogen and oxygen atoms in total. The third-order valence-corrected chi connectivity index (χ3v) is 3.54. The van der Waals surface area contributed by atoms with Gasteiger partial charge in [0.25, 0.3) is 0 Å². The fraction of sp³-hybridized carbons (Fsp3) is 0.909. The molecule has 2 rings (SSSR count). The second-order valence-electron chi connectivity index (χ2n) is 4.64. The highest BCUT2D eigenvalue weighted by Gasteiger charge is 2.48. The standard InChI is InChI=1S/C11H19NO2/c1-2-14-10(13)9-6-11(7-9)4-3-5-12-8-11/h9,12H,2-8H2,1H3. The molecule has 0 aromatic carbocycles. The van der Waals surface area contributed by atoms with E-state index in [4.69, 9.17) is 4.74 Å². The summed E-state index contributed by atoms with van der Waals surface area (Å²) >= 11 is 0. The van der Waals surface area contributed by atoms with E-state index in [1.54, 1.807) is 0 Å². The van der Waals surface area contributed by atoms with Crippen molar-refractivity contribution in [2.75, 3.05) is 19.7 Å². The van der Waals surface area contributed by atoms with Gasteiger partial charge in [-0.2, -0.15) is 0 Å². The molecule has 0 amide bonds. The van der Waals surface area contributed by atoms with Crippen LogP contribution in [-0.2, 0) is 9.53 Å². The monoisotopic (exact) mass is 197 g/mol. The van der Waals surface area contributed by atoms with Gasteiger partial charge in [0.05, 0.1) is 12.5 Å². The van der Waals surface area contributed by atoms with Gasteiger partial charge in [0.1, 0.15) is 0 Å². The molecule has 1 aliphatic heterocycles. The Kier molecular flexibility index (Phi) is 2.77. The van der Waals surface area contributed by atoms with E-state index in [-0.39, 0.29) is 11.9 Å². The molecule has 0 bridgehead atoms. The van der Waals surface area contributed by atoms with Crippen molar-refractivity contribution in [2.24, 2.45) is 11.3 Å². The zero-order chi connectivity index (χ0) is 10.0. The second kappa shape index (κ2) is 3.89. The Morgan fingerprint density at radius 2 is 2.36 bits per heavy atom. The molecule has 1 N–H and O–H groups in total. The lowest BCUT2D eigenvalue weighted by Gasteiger charge is -2.49. The summed E-state index contributed by atoms with van der Waals surface area (Å²) in [7, 11) is 0. The summed E-state index contributed by atoms with van der Waals surface area (Å²) in [5, 5.41) is 3.42. The Morgan fingerprint density at radius 1 is 1.57 bits per heavy atom. The van der Waals surface area contributed by atoms with Gasteiger partial charge >= 0.3 is 5.97 Å². The highest BCUT2D eigenvalue weighted by atomic mass is 16.5. The molecule has 2 aliphatic rings. The number of ether oxygens (including phenoxy) is 1. The lowest BCUT2D eigenvalue weighted by Crippen LogP contribution is -2.50. The van der Waals surface area contributed by atoms with Crippen LogP contribution in [-0.4, -0.2) is 25.7 Å². The third kappa shape index (κ3) is 1.78. The van der Waals surface area contributed by atoms with Crippen LogP contribution >= 0.6 is 0 Å². The normalized spacial score (nSPS) is 36.5. The van der Waals surface area contributed by atoms with Gasteiger partial charge in [0.15, 0.2) is 0 Å². The summed E-state index contributed by atoms with van der Waals surface area (Å²) in [6.45, 7) is 4.63. The molecule has 1 spiro atoms. The van der Waals surface area contributed by atoms with Crippen molar-refractivity contribution in [1.29, 1.82) is 0 Å². The Balaban J connectivity index is 1.79. The van der Waals surface area contributed by atoms with Crippen molar-refractivity contribution < 1.29 is 9.53 Å². The SMILES string of the molecule is CCOC(=O)C1CC2(CCCNC2)C1. The lowest BCUT2D eigenvalue weighted by atomic mass is 9.59. The maximum absolute atomic E-state index is 11.4. The van der Waals surface area contributed by atoms with Gasteiger partial charge in [-0.05, 0) is 44.6 Å². The van der Waals surface area contributed by atoms with Gasteiger partial charge in [0.2, 0.25) is 0 Å². The summed E-state index contributed by atoms with van der Waals surface area (Å²) in [6.07, 6.45) is 4.63. The van der Waals surface area contributed by atoms with Crippen molar-refractivity contribution in [3.8, 4) is 0 Å². The van der Waals surface area contributed by atoms with Crippen molar-refractivity contribution in [3.05, 3.63) is 0 Å². The minimum atomic E-state index is 0.0173. The first-order valence-corrected chi connectivity index (χ1v) is 5.63. The fourth-order valence-electron chi connectivity index (χ4n) is 2.79. The van der Waals surface area contributed by atoms with Crippen LogP contribution < -0.4 is 5.32 Å². The van der Waals surface area contributed by atoms with Gasteiger partial charge in [0, 0.05) is 6.54 Å². The van der Waals surface area contributed by atoms with Crippen LogP contribution in [0.5, 0.6) is 0 Å². The zero-order valence-electron chi connectivity index (χ0n) is 8.84. The first-order valence-electron chi connectivity index (χ1n) is 5.63. The summed E-state index contributed by atoms with van der Waals surface area (Å²) in [5.41, 5.74) is 0.440. The molecule has 80 valence electrons. The fourth-order valence-corrected chi connectivity index (χ4v) is 2.79. The molecule has 1 heterocycles. The quantitative estimate of drug-likeness (QED) is 0.679. The van der Waals surface area contributed by atoms with Crippen LogP contribution in [0.2, 0.25) is 0 Å². The number of nitrogens with one attached hydrogen (secondary N) is 1. The molecule has 1 aliphatic carbocycles. The summed E-state index contributed by atoms with van der Waals surface area (Å²) in [4.78, 5) is 11.4. The van der Waals surface area contributed by atoms with E-state index in [9.17, 15) is 4.79 Å². The molecular weight excluding hydrogens is 178 g/mol. The Labute approximate surface area is 85.2 Å². The van der Waals surface area contributed by atoms with E-state index in [0.29, 0.717) is 12.0 Å². The average Bonchev–Trinajstić information content (AvgIpc) is 2.16. The largest absolute Gasteiger partial charge is 0.466 e. The van der Waals surface area contributed by atoms with Crippen molar-refractivity contribution in [2.45, 2.75) is 32.6 Å². The Hall–Kier alpha value is -0.570. The molecule has 0 aromatic rings. The van der Waals surface area contributed by atoms with Crippen molar-refractivity contribution >= 4 is 5.97 Å². The number of esters is 1. The maximum Gasteiger partial charge on any atom is 0.308 e. The van der Waals surface area contributed by atoms with E-state index < -0.39 is 0 Å². The number of carbonyl (C=O) groups is 1. The molecule has 0 aromatic heterocycles. The van der Waals surface area contributed by atoms with Gasteiger partial charge in [-0.3, -0.25) is 4.79 Å². The van der Waals surface area contributed by atoms with Gasteiger partial charge in [-0.1, -0.05) is 0 Å². The van der Waals surface area contributed by atoms with Crippen molar-refractivity contribution in [3.63, 3.8) is 0 Å². The zero-order valence-corrected chi connectivity index (χ0v) is 8.84. The number of rotatable bonds is 2. The summed E-state index contributed by atoms with van der Waals surface area (Å²) < 4.78 is 5.02. The Bertz CT molecular complexity index is 213. The highest BCUT2D eigenvalue weighted by Crippen LogP contribution is 2.49. The van der Waals surface area contributed by atoms with Gasteiger partial charge < -0.3 is 10.1 Å². The maximum atomic E-state index is 11.4. The van der Waals surface area contributed by atoms with E-state index >= 15 is 0 Å². The third-order valence-electron chi connectivity index (χ3n) is 3.54. The molecule has 0 radical (unpaired) electrons. The lowest BCUT2D eigenvalue weighted by molar-refractivity contribution is -0.157. The molecule has 3 heteroatoms. The van der Waals surface area contributed by atoms with E-state index in [1.165, 1.54) is 12.8 Å². The van der Waals surface area contributed by atoms with E-state index in [1.807, 2.05) is 6.92 Å². The number of hydrogen-bond acceptors (Lipinski definition) is 3. The van der Waals surface area contributed by atoms with Gasteiger partial charge in [-0.25, -0.2) is 0 Å². The average molecular weight is 197 g/mol. The topological polar surface area (TPSA) is 38.3 Å². The number of hydrogen-bond donors (Lipinski definition) is 1. The molecule has 0 atom stereocenters. The van der Waals surface area contributed by atoms with Crippen LogP contribution in [0, 0.1) is 11.3 Å². The highest BCUT2D eigenvalue weighted by molar-refractivity contribution is 5.73. The summed E-state index contributed by atoms with van der Waals surface area (Å²) in [5.74, 6) is 0.207. The van der Waals surface area contributed by atoms with Crippen LogP contribution in [0.25, 0.3) is 0 Å². The molecule has 1 saturated carbocycles. The first kappa shape index (κ1) is 9.97. The number of carbonyl (C=O) groups excluding carboxylic acids is 1. The predicted octanol–water partition coefficient (Wildman–Crippen LogP) is 1.33. The minimum absolute atomic E-state index is 0.0173. The van der Waals surface area contributed by atoms with Crippen LogP contribution in [0.1, 0.15) is 32.6 Å². The second-order valence-corrected chi connectivity index (χ2v) is 4.64. The minimum Gasteiger partial charge on any atom is -0.466 e. The van der Waals surface area contributed by atoms with Crippen LogP contribution in [0.4, 0.5) is 0 Å². The van der Waals surface area contributed by atoms with E-state index in [0.717, 1.165) is 25.9 Å². The molecule has 2 fully saturated rings. The summed E-state index contributed by atoms with van der Waals surface area (Å²) in [6, 6.07) is 0. The van der Waals surface area contributed by atoms with Crippen LogP contribution in [0.3, 0.4) is 0 Å². The number of piperidine rings is 1. The molecule has 0 unspecified atom stereocenters. The van der Waals surface area contributed by atoms with Crippen LogP contribution in [0.15, 0.2) is 0 Å². The van der Waals surface area contributed by atoms with Crippen molar-refractivity contribution in [1.82, 2.24) is 5.32 Å². The molecular formula is C11H19NO2. The predicted molar refractivity (Wildman–Crippen MR) is 53.9 cm³/mol. The smallest absolute Gasteiger partial charge is 0.308 e.